The van der Waals surface area contributed by atoms with E-state index < -0.39 is 5.54 Å². The molecule has 1 aromatic heterocycles. The summed E-state index contributed by atoms with van der Waals surface area (Å²) in [5.41, 5.74) is 2.55. The molecule has 1 aliphatic carbocycles. The third kappa shape index (κ3) is 3.69. The molecule has 1 saturated carbocycles. The Kier molecular flexibility index (Phi) is 4.83. The monoisotopic (exact) mass is 456 g/mol. The molecule has 0 radical (unpaired) electrons. The number of aliphatic imine (C=N–C) groups is 1. The zero-order chi connectivity index (χ0) is 23.4. The van der Waals surface area contributed by atoms with Crippen LogP contribution in [-0.2, 0) is 9.59 Å². The van der Waals surface area contributed by atoms with E-state index in [-0.39, 0.29) is 17.7 Å². The Morgan fingerprint density at radius 2 is 1.79 bits per heavy atom. The number of nitrogens with zero attached hydrogens (tertiary/aromatic N) is 4. The van der Waals surface area contributed by atoms with Crippen molar-refractivity contribution in [1.29, 1.82) is 0 Å². The summed E-state index contributed by atoms with van der Waals surface area (Å²) in [6.45, 7) is 5.82. The summed E-state index contributed by atoms with van der Waals surface area (Å²) in [6.07, 6.45) is 2.97. The molecule has 3 aliphatic rings. The number of carbonyl (C=O) groups is 2. The van der Waals surface area contributed by atoms with Gasteiger partial charge in [0.1, 0.15) is 16.9 Å². The largest absolute Gasteiger partial charge is 0.436 e. The topological polar surface area (TPSA) is 79.0 Å². The molecule has 0 bridgehead atoms. The van der Waals surface area contributed by atoms with Crippen LogP contribution in [0.1, 0.15) is 38.7 Å². The second-order valence-corrected chi connectivity index (χ2v) is 10.2. The Hall–Kier alpha value is -3.48. The lowest BCUT2D eigenvalue weighted by molar-refractivity contribution is -0.131. The number of fused-ring (bicyclic) bond motifs is 1. The van der Waals surface area contributed by atoms with Gasteiger partial charge in [0, 0.05) is 36.7 Å². The van der Waals surface area contributed by atoms with Gasteiger partial charge in [-0.2, -0.15) is 0 Å². The van der Waals surface area contributed by atoms with E-state index in [2.05, 4.69) is 4.98 Å². The van der Waals surface area contributed by atoms with E-state index in [4.69, 9.17) is 9.41 Å². The SMILES string of the molecule is CC1(C)N=C(c2ccc(-c3nc4ccccc4o3)cc2)N(C[C@@H]2CCN(C(=O)C3CC3)C2)C1=O. The Morgan fingerprint density at radius 3 is 2.53 bits per heavy atom. The first-order valence-electron chi connectivity index (χ1n) is 12.1. The number of para-hydroxylation sites is 2. The van der Waals surface area contributed by atoms with Crippen LogP contribution in [0.15, 0.2) is 57.9 Å². The molecule has 34 heavy (non-hydrogen) atoms. The quantitative estimate of drug-likeness (QED) is 0.579. The third-order valence-corrected chi connectivity index (χ3v) is 7.06. The van der Waals surface area contributed by atoms with Crippen LogP contribution in [0.2, 0.25) is 0 Å². The Morgan fingerprint density at radius 1 is 1.06 bits per heavy atom. The number of benzene rings is 2. The zero-order valence-electron chi connectivity index (χ0n) is 19.5. The van der Waals surface area contributed by atoms with Crippen LogP contribution in [0.4, 0.5) is 0 Å². The summed E-state index contributed by atoms with van der Waals surface area (Å²) in [6, 6.07) is 15.6. The van der Waals surface area contributed by atoms with Gasteiger partial charge in [-0.25, -0.2) is 4.98 Å². The minimum atomic E-state index is -0.795. The van der Waals surface area contributed by atoms with Crippen molar-refractivity contribution in [3.63, 3.8) is 0 Å². The summed E-state index contributed by atoms with van der Waals surface area (Å²) in [5.74, 6) is 2.08. The van der Waals surface area contributed by atoms with Crippen molar-refractivity contribution in [3.8, 4) is 11.5 Å². The molecule has 3 aromatic rings. The molecule has 0 N–H and O–H groups in total. The molecule has 7 heteroatoms. The van der Waals surface area contributed by atoms with Gasteiger partial charge in [0.15, 0.2) is 5.58 Å². The van der Waals surface area contributed by atoms with Crippen molar-refractivity contribution in [1.82, 2.24) is 14.8 Å². The number of carbonyl (C=O) groups excluding carboxylic acids is 2. The molecule has 0 unspecified atom stereocenters. The first-order valence-corrected chi connectivity index (χ1v) is 12.1. The van der Waals surface area contributed by atoms with Crippen LogP contribution < -0.4 is 0 Å². The molecule has 2 aliphatic heterocycles. The number of amidine groups is 1. The van der Waals surface area contributed by atoms with Gasteiger partial charge in [-0.3, -0.25) is 19.5 Å². The maximum Gasteiger partial charge on any atom is 0.255 e. The third-order valence-electron chi connectivity index (χ3n) is 7.06. The molecule has 2 aromatic carbocycles. The summed E-state index contributed by atoms with van der Waals surface area (Å²) < 4.78 is 5.89. The van der Waals surface area contributed by atoms with Crippen LogP contribution in [0.5, 0.6) is 0 Å². The van der Waals surface area contributed by atoms with Crippen molar-refractivity contribution >= 4 is 28.7 Å². The van der Waals surface area contributed by atoms with E-state index in [0.717, 1.165) is 54.6 Å². The number of likely N-dealkylation sites (tertiary alicyclic amines) is 1. The normalized spacial score (nSPS) is 22.0. The second-order valence-electron chi connectivity index (χ2n) is 10.2. The molecule has 2 fully saturated rings. The fraction of sp³-hybridized carbons (Fsp3) is 0.407. The Labute approximate surface area is 198 Å². The highest BCUT2D eigenvalue weighted by Crippen LogP contribution is 2.34. The van der Waals surface area contributed by atoms with Crippen molar-refractivity contribution in [2.75, 3.05) is 19.6 Å². The van der Waals surface area contributed by atoms with E-state index in [1.54, 1.807) is 0 Å². The first-order chi connectivity index (χ1) is 16.4. The number of aromatic nitrogens is 1. The Bertz CT molecular complexity index is 1270. The predicted octanol–water partition coefficient (Wildman–Crippen LogP) is 4.12. The molecular formula is C27H28N4O3. The van der Waals surface area contributed by atoms with E-state index in [1.807, 2.05) is 72.2 Å². The molecule has 2 amide bonds. The molecule has 7 nitrogen and oxygen atoms in total. The number of amides is 2. The second kappa shape index (κ2) is 7.79. The fourth-order valence-corrected chi connectivity index (χ4v) is 4.98. The van der Waals surface area contributed by atoms with Crippen molar-refractivity contribution in [3.05, 3.63) is 54.1 Å². The fourth-order valence-electron chi connectivity index (χ4n) is 4.98. The van der Waals surface area contributed by atoms with E-state index in [9.17, 15) is 9.59 Å². The van der Waals surface area contributed by atoms with Crippen LogP contribution in [0.3, 0.4) is 0 Å². The number of oxazole rings is 1. The molecular weight excluding hydrogens is 428 g/mol. The molecule has 0 spiro atoms. The molecule has 3 heterocycles. The molecule has 174 valence electrons. The van der Waals surface area contributed by atoms with Crippen LogP contribution in [-0.4, -0.2) is 57.6 Å². The lowest BCUT2D eigenvalue weighted by Gasteiger charge is -2.24. The average molecular weight is 457 g/mol. The highest BCUT2D eigenvalue weighted by molar-refractivity contribution is 6.15. The van der Waals surface area contributed by atoms with Gasteiger partial charge in [-0.05, 0) is 63.3 Å². The maximum atomic E-state index is 13.2. The Balaban J connectivity index is 1.22. The van der Waals surface area contributed by atoms with Crippen molar-refractivity contribution in [2.45, 2.75) is 38.6 Å². The summed E-state index contributed by atoms with van der Waals surface area (Å²) in [4.78, 5) is 38.9. The van der Waals surface area contributed by atoms with Crippen LogP contribution >= 0.6 is 0 Å². The van der Waals surface area contributed by atoms with E-state index in [1.165, 1.54) is 0 Å². The standard InChI is InChI=1S/C27H28N4O3/c1-27(2)26(33)31(16-17-13-14-30(15-17)25(32)20-11-12-20)23(29-27)18-7-9-19(10-8-18)24-28-21-5-3-4-6-22(21)34-24/h3-10,17,20H,11-16H2,1-2H3/t17-/m1/s1. The summed E-state index contributed by atoms with van der Waals surface area (Å²) >= 11 is 0. The van der Waals surface area contributed by atoms with Crippen LogP contribution in [0, 0.1) is 11.8 Å². The predicted molar refractivity (Wildman–Crippen MR) is 129 cm³/mol. The minimum absolute atomic E-state index is 0.0116. The van der Waals surface area contributed by atoms with Gasteiger partial charge in [-0.1, -0.05) is 24.3 Å². The van der Waals surface area contributed by atoms with Gasteiger partial charge in [0.25, 0.3) is 5.91 Å². The number of hydrogen-bond donors (Lipinski definition) is 0. The highest BCUT2D eigenvalue weighted by Gasteiger charge is 2.43. The van der Waals surface area contributed by atoms with Gasteiger partial charge < -0.3 is 9.32 Å². The molecule has 1 atom stereocenters. The highest BCUT2D eigenvalue weighted by atomic mass is 16.3. The summed E-state index contributed by atoms with van der Waals surface area (Å²) in [7, 11) is 0. The molecule has 1 saturated heterocycles. The van der Waals surface area contributed by atoms with Crippen molar-refractivity contribution in [2.24, 2.45) is 16.8 Å². The van der Waals surface area contributed by atoms with Gasteiger partial charge in [0.2, 0.25) is 11.8 Å². The van der Waals surface area contributed by atoms with Crippen LogP contribution in [0.25, 0.3) is 22.6 Å². The molecule has 6 rings (SSSR count). The summed E-state index contributed by atoms with van der Waals surface area (Å²) in [5, 5.41) is 0. The smallest absolute Gasteiger partial charge is 0.255 e. The zero-order valence-corrected chi connectivity index (χ0v) is 19.5. The maximum absolute atomic E-state index is 13.2. The minimum Gasteiger partial charge on any atom is -0.436 e. The van der Waals surface area contributed by atoms with E-state index in [0.29, 0.717) is 24.2 Å². The van der Waals surface area contributed by atoms with E-state index >= 15 is 0 Å². The first kappa shape index (κ1) is 21.1. The number of rotatable bonds is 5. The van der Waals surface area contributed by atoms with Gasteiger partial charge in [0.05, 0.1) is 0 Å². The van der Waals surface area contributed by atoms with Crippen molar-refractivity contribution < 1.29 is 14.0 Å². The average Bonchev–Trinajstić information content (AvgIpc) is 3.35. The lowest BCUT2D eigenvalue weighted by atomic mass is 10.0. The number of hydrogen-bond acceptors (Lipinski definition) is 5. The lowest BCUT2D eigenvalue weighted by Crippen LogP contribution is -2.42. The van der Waals surface area contributed by atoms with Gasteiger partial charge in [-0.15, -0.1) is 0 Å². The van der Waals surface area contributed by atoms with Gasteiger partial charge >= 0.3 is 0 Å².